The van der Waals surface area contributed by atoms with Crippen molar-refractivity contribution in [3.8, 4) is 0 Å². The Hall–Kier alpha value is -3.40. The molecule has 0 spiro atoms. The summed E-state index contributed by atoms with van der Waals surface area (Å²) in [7, 11) is 0. The minimum atomic E-state index is -0.185. The minimum absolute atomic E-state index is 0.185. The molecule has 1 aromatic heterocycles. The Labute approximate surface area is 170 Å². The highest BCUT2D eigenvalue weighted by atomic mass is 16.1. The quantitative estimate of drug-likeness (QED) is 0.627. The number of rotatable bonds is 2. The van der Waals surface area contributed by atoms with Crippen molar-refractivity contribution < 1.29 is 4.79 Å². The maximum Gasteiger partial charge on any atom is 0.163 e. The minimum Gasteiger partial charge on any atom is -0.372 e. The molecule has 29 heavy (non-hydrogen) atoms. The number of para-hydroxylation sites is 2. The van der Waals surface area contributed by atoms with E-state index in [1.807, 2.05) is 24.3 Å². The van der Waals surface area contributed by atoms with E-state index in [-0.39, 0.29) is 17.7 Å². The fourth-order valence-corrected chi connectivity index (χ4v) is 4.37. The number of Topliss-reactive ketones (excluding diaryl/α,β-unsaturated/α-hetero) is 1. The molecule has 2 heterocycles. The number of pyridine rings is 1. The third-order valence-corrected chi connectivity index (χ3v) is 5.90. The summed E-state index contributed by atoms with van der Waals surface area (Å²) in [6.45, 7) is 2.09. The lowest BCUT2D eigenvalue weighted by Crippen LogP contribution is -2.26. The highest BCUT2D eigenvalue weighted by Crippen LogP contribution is 2.44. The van der Waals surface area contributed by atoms with Crippen LogP contribution in [0.2, 0.25) is 0 Å². The fraction of sp³-hybridized carbons (Fsp3) is 0.200. The molecule has 2 atom stereocenters. The van der Waals surface area contributed by atoms with Gasteiger partial charge in [0.2, 0.25) is 0 Å². The van der Waals surface area contributed by atoms with Crippen LogP contribution in [0.15, 0.2) is 84.3 Å². The number of aryl methyl sites for hydroxylation is 1. The zero-order chi connectivity index (χ0) is 19.8. The number of nitrogens with zero attached hydrogens (tertiary/aromatic N) is 1. The average molecular weight is 381 g/mol. The topological polar surface area (TPSA) is 54.0 Å². The predicted octanol–water partition coefficient (Wildman–Crippen LogP) is 5.37. The number of nitrogens with one attached hydrogen (secondary N) is 2. The fourth-order valence-electron chi connectivity index (χ4n) is 4.37. The first-order valence-electron chi connectivity index (χ1n) is 10.0. The summed E-state index contributed by atoms with van der Waals surface area (Å²) >= 11 is 0. The van der Waals surface area contributed by atoms with Gasteiger partial charge in [0.25, 0.3) is 0 Å². The van der Waals surface area contributed by atoms with E-state index in [0.29, 0.717) is 6.42 Å². The van der Waals surface area contributed by atoms with Gasteiger partial charge in [-0.3, -0.25) is 9.78 Å². The zero-order valence-corrected chi connectivity index (χ0v) is 16.4. The van der Waals surface area contributed by atoms with Gasteiger partial charge in [-0.1, -0.05) is 42.0 Å². The zero-order valence-electron chi connectivity index (χ0n) is 16.4. The van der Waals surface area contributed by atoms with Gasteiger partial charge in [0.05, 0.1) is 17.4 Å². The number of hydrogen-bond donors (Lipinski definition) is 2. The first kappa shape index (κ1) is 17.7. The van der Waals surface area contributed by atoms with Crippen LogP contribution in [-0.2, 0) is 4.79 Å². The molecule has 0 radical (unpaired) electrons. The Morgan fingerprint density at radius 3 is 2.34 bits per heavy atom. The molecule has 3 aromatic rings. The molecule has 144 valence electrons. The summed E-state index contributed by atoms with van der Waals surface area (Å²) in [5.74, 6) is 0.393. The van der Waals surface area contributed by atoms with Crippen molar-refractivity contribution >= 4 is 17.2 Å². The van der Waals surface area contributed by atoms with E-state index >= 15 is 0 Å². The molecule has 0 amide bonds. The lowest BCUT2D eigenvalue weighted by Gasteiger charge is -2.30. The van der Waals surface area contributed by atoms with Crippen LogP contribution >= 0.6 is 0 Å². The Balaban J connectivity index is 1.60. The van der Waals surface area contributed by atoms with Crippen molar-refractivity contribution in [3.63, 3.8) is 0 Å². The van der Waals surface area contributed by atoms with Crippen LogP contribution in [-0.4, -0.2) is 10.8 Å². The van der Waals surface area contributed by atoms with Gasteiger partial charge in [-0.2, -0.15) is 0 Å². The second-order valence-corrected chi connectivity index (χ2v) is 7.86. The third-order valence-electron chi connectivity index (χ3n) is 5.90. The number of allylic oxidation sites excluding steroid dienone is 1. The second kappa shape index (κ2) is 7.21. The van der Waals surface area contributed by atoms with Crippen molar-refractivity contribution in [1.29, 1.82) is 0 Å². The summed E-state index contributed by atoms with van der Waals surface area (Å²) in [6.07, 6.45) is 4.92. The number of ketones is 1. The molecule has 0 unspecified atom stereocenters. The first-order chi connectivity index (χ1) is 14.2. The first-order valence-corrected chi connectivity index (χ1v) is 10.0. The smallest absolute Gasteiger partial charge is 0.163 e. The van der Waals surface area contributed by atoms with Crippen LogP contribution in [0, 0.1) is 6.92 Å². The maximum atomic E-state index is 13.4. The molecule has 0 saturated heterocycles. The van der Waals surface area contributed by atoms with Crippen LogP contribution in [0.4, 0.5) is 11.4 Å². The number of carbonyl (C=O) groups excluding carboxylic acids is 1. The van der Waals surface area contributed by atoms with Crippen molar-refractivity contribution in [3.05, 3.63) is 101 Å². The summed E-state index contributed by atoms with van der Waals surface area (Å²) in [5.41, 5.74) is 7.38. The molecule has 4 nitrogen and oxygen atoms in total. The lowest BCUT2D eigenvalue weighted by atomic mass is 9.78. The maximum absolute atomic E-state index is 13.4. The van der Waals surface area contributed by atoms with E-state index in [1.165, 1.54) is 11.1 Å². The van der Waals surface area contributed by atoms with E-state index in [4.69, 9.17) is 0 Å². The molecule has 1 aliphatic carbocycles. The van der Waals surface area contributed by atoms with E-state index in [9.17, 15) is 4.79 Å². The van der Waals surface area contributed by atoms with Gasteiger partial charge in [0.1, 0.15) is 0 Å². The molecule has 2 aliphatic rings. The number of aromatic nitrogens is 1. The molecular weight excluding hydrogens is 358 g/mol. The molecular formula is C25H23N3O. The predicted molar refractivity (Wildman–Crippen MR) is 116 cm³/mol. The van der Waals surface area contributed by atoms with Crippen molar-refractivity contribution in [2.75, 3.05) is 10.6 Å². The van der Waals surface area contributed by atoms with Crippen LogP contribution in [0.25, 0.3) is 0 Å². The highest BCUT2D eigenvalue weighted by Gasteiger charge is 2.35. The summed E-state index contributed by atoms with van der Waals surface area (Å²) in [5, 5.41) is 7.18. The molecule has 2 aromatic carbocycles. The number of hydrogen-bond acceptors (Lipinski definition) is 4. The Kier molecular flexibility index (Phi) is 4.39. The van der Waals surface area contributed by atoms with Gasteiger partial charge in [-0.15, -0.1) is 0 Å². The largest absolute Gasteiger partial charge is 0.372 e. The van der Waals surface area contributed by atoms with Gasteiger partial charge in [0, 0.05) is 30.1 Å². The van der Waals surface area contributed by atoms with Gasteiger partial charge in [-0.05, 0) is 54.7 Å². The molecule has 0 saturated carbocycles. The van der Waals surface area contributed by atoms with E-state index in [0.717, 1.165) is 34.6 Å². The summed E-state index contributed by atoms with van der Waals surface area (Å²) in [4.78, 5) is 17.6. The Bertz CT molecular complexity index is 1090. The molecule has 1 aliphatic heterocycles. The van der Waals surface area contributed by atoms with Gasteiger partial charge in [-0.25, -0.2) is 0 Å². The van der Waals surface area contributed by atoms with Crippen LogP contribution in [0.1, 0.15) is 41.5 Å². The van der Waals surface area contributed by atoms with Crippen LogP contribution in [0.5, 0.6) is 0 Å². The number of carbonyl (C=O) groups is 1. The molecule has 2 N–H and O–H groups in total. The summed E-state index contributed by atoms with van der Waals surface area (Å²) in [6, 6.07) is 20.5. The second-order valence-electron chi connectivity index (χ2n) is 7.86. The Morgan fingerprint density at radius 1 is 0.862 bits per heavy atom. The van der Waals surface area contributed by atoms with Crippen molar-refractivity contribution in [2.24, 2.45) is 0 Å². The SMILES string of the molecule is Cc1ccc([C@@H]2CC(=O)C3=C(C2)Nc2ccccc2N[C@H]3c2ccncc2)cc1. The van der Waals surface area contributed by atoms with E-state index in [2.05, 4.69) is 58.9 Å². The highest BCUT2D eigenvalue weighted by molar-refractivity contribution is 6.01. The van der Waals surface area contributed by atoms with Crippen molar-refractivity contribution in [2.45, 2.75) is 31.7 Å². The monoisotopic (exact) mass is 381 g/mol. The van der Waals surface area contributed by atoms with Crippen molar-refractivity contribution in [1.82, 2.24) is 4.98 Å². The van der Waals surface area contributed by atoms with Gasteiger partial charge in [0.15, 0.2) is 5.78 Å². The third kappa shape index (κ3) is 3.31. The lowest BCUT2D eigenvalue weighted by molar-refractivity contribution is -0.116. The molecule has 0 bridgehead atoms. The van der Waals surface area contributed by atoms with Crippen LogP contribution in [0.3, 0.4) is 0 Å². The average Bonchev–Trinajstić information content (AvgIpc) is 2.92. The van der Waals surface area contributed by atoms with E-state index < -0.39 is 0 Å². The van der Waals surface area contributed by atoms with Gasteiger partial charge >= 0.3 is 0 Å². The standard InChI is InChI=1S/C25H23N3O/c1-16-6-8-17(9-7-16)19-14-22-24(23(29)15-19)25(18-10-12-26-13-11-18)28-21-5-3-2-4-20(21)27-22/h2-13,19,25,27-28H,14-15H2,1H3/t19-,25-/m0/s1. The number of fused-ring (bicyclic) bond motifs is 1. The van der Waals surface area contributed by atoms with E-state index in [1.54, 1.807) is 12.4 Å². The molecule has 4 heteroatoms. The number of benzene rings is 2. The summed E-state index contributed by atoms with van der Waals surface area (Å²) < 4.78 is 0. The Morgan fingerprint density at radius 2 is 1.59 bits per heavy atom. The normalized spacial score (nSPS) is 20.8. The molecule has 0 fully saturated rings. The van der Waals surface area contributed by atoms with Gasteiger partial charge < -0.3 is 10.6 Å². The van der Waals surface area contributed by atoms with Crippen LogP contribution < -0.4 is 10.6 Å². The molecule has 5 rings (SSSR count). The number of anilines is 2.